The van der Waals surface area contributed by atoms with Crippen molar-refractivity contribution in [3.63, 3.8) is 0 Å². The van der Waals surface area contributed by atoms with Crippen LogP contribution in [0.5, 0.6) is 0 Å². The van der Waals surface area contributed by atoms with Crippen LogP contribution in [-0.2, 0) is 46.4 Å². The molecule has 1 atom stereocenters. The molecule has 3 heterocycles. The van der Waals surface area contributed by atoms with Crippen molar-refractivity contribution < 1.29 is 33.3 Å². The van der Waals surface area contributed by atoms with Crippen LogP contribution in [0.15, 0.2) is 47.3 Å². The maximum absolute atomic E-state index is 13.9. The Morgan fingerprint density at radius 2 is 1.30 bits per heavy atom. The van der Waals surface area contributed by atoms with Gasteiger partial charge in [0.15, 0.2) is 0 Å². The zero-order chi connectivity index (χ0) is 37.4. The molecule has 14 heteroatoms. The van der Waals surface area contributed by atoms with Crippen molar-refractivity contribution in [2.75, 3.05) is 111 Å². The lowest BCUT2D eigenvalue weighted by molar-refractivity contribution is -0.136. The minimum atomic E-state index is -0.333. The minimum Gasteiger partial charge on any atom is -0.378 e. The summed E-state index contributed by atoms with van der Waals surface area (Å²) in [6.45, 7) is 13.8. The molecule has 2 saturated heterocycles. The van der Waals surface area contributed by atoms with E-state index in [2.05, 4.69) is 15.1 Å². The fraction of sp³-hybridized carbons (Fsp3) is 0.590. The summed E-state index contributed by atoms with van der Waals surface area (Å²) in [4.78, 5) is 51.5. The highest BCUT2D eigenvalue weighted by molar-refractivity contribution is 5.95. The van der Waals surface area contributed by atoms with E-state index in [1.165, 1.54) is 4.57 Å². The average Bonchev–Trinajstić information content (AvgIpc) is 3.16. The summed E-state index contributed by atoms with van der Waals surface area (Å²) < 4.78 is 30.8. The molecule has 5 rings (SSSR count). The minimum absolute atomic E-state index is 0.0464. The number of morpholine rings is 1. The third-order valence-electron chi connectivity index (χ3n) is 9.71. The molecule has 0 spiro atoms. The number of hydrogen-bond acceptors (Lipinski definition) is 11. The highest BCUT2D eigenvalue weighted by atomic mass is 16.5. The molecule has 53 heavy (non-hydrogen) atoms. The Labute approximate surface area is 312 Å². The Morgan fingerprint density at radius 3 is 1.92 bits per heavy atom. The van der Waals surface area contributed by atoms with Gasteiger partial charge >= 0.3 is 0 Å². The van der Waals surface area contributed by atoms with Crippen LogP contribution in [0, 0.1) is 13.8 Å². The molecular formula is C39H56N6O8. The monoisotopic (exact) mass is 736 g/mol. The summed E-state index contributed by atoms with van der Waals surface area (Å²) in [6.07, 6.45) is 0.648. The summed E-state index contributed by atoms with van der Waals surface area (Å²) in [5.41, 5.74) is 3.14. The van der Waals surface area contributed by atoms with Crippen molar-refractivity contribution in [1.29, 1.82) is 0 Å². The summed E-state index contributed by atoms with van der Waals surface area (Å²) in [5.74, 6) is 0.348. The van der Waals surface area contributed by atoms with E-state index in [9.17, 15) is 14.4 Å². The average molecular weight is 737 g/mol. The number of ether oxygens (including phenoxy) is 5. The number of nitrogens with one attached hydrogen (secondary N) is 1. The summed E-state index contributed by atoms with van der Waals surface area (Å²) in [7, 11) is 0. The summed E-state index contributed by atoms with van der Waals surface area (Å²) in [6, 6.07) is 13.0. The van der Waals surface area contributed by atoms with E-state index >= 15 is 0 Å². The van der Waals surface area contributed by atoms with Crippen LogP contribution >= 0.6 is 0 Å². The van der Waals surface area contributed by atoms with Gasteiger partial charge in [0.25, 0.3) is 5.56 Å². The van der Waals surface area contributed by atoms with Crippen LogP contribution in [0.4, 0.5) is 5.69 Å². The molecule has 1 N–H and O–H groups in total. The van der Waals surface area contributed by atoms with E-state index < -0.39 is 0 Å². The van der Waals surface area contributed by atoms with Crippen molar-refractivity contribution >= 4 is 28.4 Å². The zero-order valence-electron chi connectivity index (χ0n) is 31.6. The summed E-state index contributed by atoms with van der Waals surface area (Å²) >= 11 is 0. The smallest absolute Gasteiger partial charge is 0.261 e. The third kappa shape index (κ3) is 11.9. The van der Waals surface area contributed by atoms with Crippen molar-refractivity contribution in [3.8, 4) is 0 Å². The molecule has 0 radical (unpaired) electrons. The van der Waals surface area contributed by atoms with Crippen molar-refractivity contribution in [2.45, 2.75) is 46.3 Å². The normalized spacial score (nSPS) is 19.0. The number of aryl methyl sites for hydroxylation is 2. The van der Waals surface area contributed by atoms with Gasteiger partial charge in [0.1, 0.15) is 12.4 Å². The fourth-order valence-corrected chi connectivity index (χ4v) is 6.59. The molecule has 2 fully saturated rings. The van der Waals surface area contributed by atoms with Crippen LogP contribution in [0.3, 0.4) is 0 Å². The predicted molar refractivity (Wildman–Crippen MR) is 202 cm³/mol. The maximum atomic E-state index is 13.9. The number of benzene rings is 2. The van der Waals surface area contributed by atoms with Crippen molar-refractivity contribution in [3.05, 3.63) is 69.8 Å². The first kappa shape index (κ1) is 40.4. The number of carbonyl (C=O) groups excluding carboxylic acids is 2. The number of hydrogen-bond donors (Lipinski definition) is 1. The first-order valence-corrected chi connectivity index (χ1v) is 18.8. The molecule has 2 amide bonds. The topological polar surface area (TPSA) is 137 Å². The predicted octanol–water partition coefficient (Wildman–Crippen LogP) is 2.47. The highest BCUT2D eigenvalue weighted by Gasteiger charge is 2.25. The number of fused-ring (bicyclic) bond motifs is 1. The van der Waals surface area contributed by atoms with E-state index in [1.54, 1.807) is 11.0 Å². The Kier molecular flexibility index (Phi) is 16.2. The molecule has 1 unspecified atom stereocenters. The van der Waals surface area contributed by atoms with Gasteiger partial charge in [0, 0.05) is 45.0 Å². The number of aromatic nitrogens is 2. The molecule has 2 aromatic carbocycles. The Morgan fingerprint density at radius 1 is 0.736 bits per heavy atom. The van der Waals surface area contributed by atoms with E-state index in [1.807, 2.05) is 57.2 Å². The fourth-order valence-electron chi connectivity index (χ4n) is 6.59. The third-order valence-corrected chi connectivity index (χ3v) is 9.71. The molecule has 0 aliphatic carbocycles. The Hall–Kier alpha value is -3.76. The van der Waals surface area contributed by atoms with Gasteiger partial charge < -0.3 is 33.9 Å². The molecule has 14 nitrogen and oxygen atoms in total. The maximum Gasteiger partial charge on any atom is 0.261 e. The first-order valence-electron chi connectivity index (χ1n) is 18.8. The number of nitrogens with zero attached hydrogens (tertiary/aromatic N) is 5. The second-order valence-electron chi connectivity index (χ2n) is 13.4. The number of anilines is 1. The Balaban J connectivity index is 1.21. The lowest BCUT2D eigenvalue weighted by Gasteiger charge is -2.30. The molecule has 2 aliphatic heterocycles. The molecular weight excluding hydrogens is 680 g/mol. The molecule has 2 aliphatic rings. The van der Waals surface area contributed by atoms with E-state index in [-0.39, 0.29) is 30.0 Å². The van der Waals surface area contributed by atoms with Crippen molar-refractivity contribution in [1.82, 2.24) is 24.3 Å². The van der Waals surface area contributed by atoms with Gasteiger partial charge in [0.2, 0.25) is 11.8 Å². The lowest BCUT2D eigenvalue weighted by Crippen LogP contribution is -2.46. The van der Waals surface area contributed by atoms with Crippen molar-refractivity contribution in [2.24, 2.45) is 0 Å². The SMILES string of the molecule is CCC(C(=O)Nc1ccccc1C)N1CCOCCOCCN(Cc2nc3c(C)cccc3c(=O)n2CC(=O)N2CCOCC2)CCOCCOCC1. The number of carbonyl (C=O) groups is 2. The summed E-state index contributed by atoms with van der Waals surface area (Å²) in [5, 5.41) is 3.59. The highest BCUT2D eigenvalue weighted by Crippen LogP contribution is 2.17. The first-order chi connectivity index (χ1) is 25.9. The molecule has 1 aromatic heterocycles. The van der Waals surface area contributed by atoms with Crippen LogP contribution in [0.2, 0.25) is 0 Å². The van der Waals surface area contributed by atoms with Gasteiger partial charge in [-0.05, 0) is 43.5 Å². The number of para-hydroxylation sites is 2. The van der Waals surface area contributed by atoms with E-state index in [0.29, 0.717) is 135 Å². The quantitative estimate of drug-likeness (QED) is 0.366. The number of amides is 2. The van der Waals surface area contributed by atoms with E-state index in [4.69, 9.17) is 28.7 Å². The molecule has 3 aromatic rings. The zero-order valence-corrected chi connectivity index (χ0v) is 31.6. The van der Waals surface area contributed by atoms with Crippen LogP contribution in [-0.4, -0.2) is 147 Å². The Bertz CT molecular complexity index is 1660. The van der Waals surface area contributed by atoms with Crippen LogP contribution < -0.4 is 10.9 Å². The molecule has 0 bridgehead atoms. The molecule has 290 valence electrons. The number of rotatable bonds is 8. The second kappa shape index (κ2) is 21.2. The van der Waals surface area contributed by atoms with Gasteiger partial charge in [-0.1, -0.05) is 37.3 Å². The molecule has 0 saturated carbocycles. The van der Waals surface area contributed by atoms with Gasteiger partial charge in [-0.3, -0.25) is 28.8 Å². The largest absolute Gasteiger partial charge is 0.378 e. The van der Waals surface area contributed by atoms with Gasteiger partial charge in [-0.15, -0.1) is 0 Å². The van der Waals surface area contributed by atoms with Gasteiger partial charge in [-0.2, -0.15) is 0 Å². The van der Waals surface area contributed by atoms with Crippen LogP contribution in [0.25, 0.3) is 10.9 Å². The standard InChI is InChI=1S/C39H56N6O8/c1-4-34(38(47)40-33-11-6-5-8-30(33)2)43-14-20-52-26-24-50-18-12-42(13-19-51-25-27-53-21-15-43)28-35-41-37-31(3)9-7-10-32(37)39(48)45(35)29-36(46)44-16-22-49-23-17-44/h5-11,34H,4,12-29H2,1-3H3,(H,40,47). The lowest BCUT2D eigenvalue weighted by atomic mass is 10.1. The second-order valence-corrected chi connectivity index (χ2v) is 13.4. The van der Waals surface area contributed by atoms with Gasteiger partial charge in [-0.25, -0.2) is 4.98 Å². The van der Waals surface area contributed by atoms with E-state index in [0.717, 1.165) is 16.8 Å². The van der Waals surface area contributed by atoms with Gasteiger partial charge in [0.05, 0.1) is 89.6 Å². The van der Waals surface area contributed by atoms with Crippen LogP contribution in [0.1, 0.15) is 30.3 Å².